The lowest BCUT2D eigenvalue weighted by molar-refractivity contribution is 0.555. The van der Waals surface area contributed by atoms with Crippen LogP contribution in [0.4, 0.5) is 0 Å². The highest BCUT2D eigenvalue weighted by molar-refractivity contribution is 9.11. The van der Waals surface area contributed by atoms with Crippen LogP contribution in [0, 0.1) is 0 Å². The van der Waals surface area contributed by atoms with Crippen molar-refractivity contribution < 1.29 is 0 Å². The molecular formula is C12H18Br2N2. The minimum Gasteiger partial charge on any atom is -0.313 e. The van der Waals surface area contributed by atoms with Crippen LogP contribution in [0.1, 0.15) is 19.4 Å². The first-order valence-corrected chi connectivity index (χ1v) is 7.06. The molecular weight excluding hydrogens is 332 g/mol. The van der Waals surface area contributed by atoms with Crippen LogP contribution in [0.15, 0.2) is 27.1 Å². The first kappa shape index (κ1) is 14.2. The first-order valence-electron chi connectivity index (χ1n) is 5.47. The van der Waals surface area contributed by atoms with Gasteiger partial charge in [0.25, 0.3) is 0 Å². The van der Waals surface area contributed by atoms with E-state index in [9.17, 15) is 0 Å². The molecule has 2 nitrogen and oxygen atoms in total. The largest absolute Gasteiger partial charge is 0.313 e. The van der Waals surface area contributed by atoms with Gasteiger partial charge in [-0.2, -0.15) is 0 Å². The Morgan fingerprint density at radius 2 is 1.94 bits per heavy atom. The lowest BCUT2D eigenvalue weighted by Gasteiger charge is -2.10. The predicted octanol–water partition coefficient (Wildman–Crippen LogP) is 3.30. The summed E-state index contributed by atoms with van der Waals surface area (Å²) in [5, 5.41) is 6.79. The molecule has 16 heavy (non-hydrogen) atoms. The van der Waals surface area contributed by atoms with Crippen LogP contribution in [0.3, 0.4) is 0 Å². The Morgan fingerprint density at radius 1 is 1.19 bits per heavy atom. The van der Waals surface area contributed by atoms with Gasteiger partial charge in [-0.15, -0.1) is 0 Å². The van der Waals surface area contributed by atoms with Gasteiger partial charge >= 0.3 is 0 Å². The van der Waals surface area contributed by atoms with Gasteiger partial charge in [-0.25, -0.2) is 0 Å². The van der Waals surface area contributed by atoms with Gasteiger partial charge in [0.1, 0.15) is 0 Å². The second-order valence-electron chi connectivity index (χ2n) is 4.02. The van der Waals surface area contributed by atoms with Gasteiger partial charge in [0, 0.05) is 34.6 Å². The number of hydrogen-bond acceptors (Lipinski definition) is 2. The Morgan fingerprint density at radius 3 is 2.62 bits per heavy atom. The van der Waals surface area contributed by atoms with Crippen molar-refractivity contribution in [3.63, 3.8) is 0 Å². The molecule has 0 aromatic heterocycles. The van der Waals surface area contributed by atoms with E-state index in [2.05, 4.69) is 68.5 Å². The molecule has 0 radical (unpaired) electrons. The molecule has 0 heterocycles. The zero-order valence-electron chi connectivity index (χ0n) is 9.69. The first-order chi connectivity index (χ1) is 7.59. The van der Waals surface area contributed by atoms with E-state index in [4.69, 9.17) is 0 Å². The molecule has 0 atom stereocenters. The van der Waals surface area contributed by atoms with Gasteiger partial charge in [-0.3, -0.25) is 0 Å². The van der Waals surface area contributed by atoms with E-state index >= 15 is 0 Å². The predicted molar refractivity (Wildman–Crippen MR) is 76.7 cm³/mol. The third-order valence-electron chi connectivity index (χ3n) is 2.18. The average Bonchev–Trinajstić information content (AvgIpc) is 2.22. The minimum atomic E-state index is 0.555. The monoisotopic (exact) mass is 348 g/mol. The summed E-state index contributed by atoms with van der Waals surface area (Å²) in [5.74, 6) is 0. The van der Waals surface area contributed by atoms with Crippen molar-refractivity contribution in [1.29, 1.82) is 0 Å². The van der Waals surface area contributed by atoms with E-state index < -0.39 is 0 Å². The smallest absolute Gasteiger partial charge is 0.0221 e. The second kappa shape index (κ2) is 7.43. The highest BCUT2D eigenvalue weighted by Gasteiger charge is 2.00. The zero-order chi connectivity index (χ0) is 12.0. The van der Waals surface area contributed by atoms with Gasteiger partial charge in [0.15, 0.2) is 0 Å². The maximum Gasteiger partial charge on any atom is 0.0221 e. The van der Waals surface area contributed by atoms with Crippen molar-refractivity contribution in [3.05, 3.63) is 32.7 Å². The molecule has 0 saturated carbocycles. The Kier molecular flexibility index (Phi) is 6.58. The molecule has 0 saturated heterocycles. The number of benzene rings is 1. The summed E-state index contributed by atoms with van der Waals surface area (Å²) in [6, 6.07) is 6.79. The standard InChI is InChI=1S/C12H18Br2N2/c1-9(2)16-6-5-15-8-10-7-11(13)3-4-12(10)14/h3-4,7,9,15-16H,5-6,8H2,1-2H3. The summed E-state index contributed by atoms with van der Waals surface area (Å²) in [5.41, 5.74) is 1.28. The maximum absolute atomic E-state index is 3.55. The lowest BCUT2D eigenvalue weighted by atomic mass is 10.2. The van der Waals surface area contributed by atoms with E-state index in [0.29, 0.717) is 6.04 Å². The lowest BCUT2D eigenvalue weighted by Crippen LogP contribution is -2.31. The van der Waals surface area contributed by atoms with Crippen molar-refractivity contribution in [2.24, 2.45) is 0 Å². The number of halogens is 2. The topological polar surface area (TPSA) is 24.1 Å². The number of hydrogen-bond donors (Lipinski definition) is 2. The van der Waals surface area contributed by atoms with Crippen molar-refractivity contribution in [2.45, 2.75) is 26.4 Å². The maximum atomic E-state index is 3.55. The molecule has 0 spiro atoms. The number of rotatable bonds is 6. The fourth-order valence-electron chi connectivity index (χ4n) is 1.35. The molecule has 0 unspecified atom stereocenters. The summed E-state index contributed by atoms with van der Waals surface area (Å²) < 4.78 is 2.27. The molecule has 1 aromatic rings. The quantitative estimate of drug-likeness (QED) is 0.770. The highest BCUT2D eigenvalue weighted by atomic mass is 79.9. The summed E-state index contributed by atoms with van der Waals surface area (Å²) in [4.78, 5) is 0. The van der Waals surface area contributed by atoms with E-state index in [1.807, 2.05) is 6.07 Å². The fraction of sp³-hybridized carbons (Fsp3) is 0.500. The van der Waals surface area contributed by atoms with E-state index in [-0.39, 0.29) is 0 Å². The Labute approximate surface area is 114 Å². The van der Waals surface area contributed by atoms with Crippen molar-refractivity contribution in [3.8, 4) is 0 Å². The molecule has 0 bridgehead atoms. The minimum absolute atomic E-state index is 0.555. The van der Waals surface area contributed by atoms with E-state index in [1.54, 1.807) is 0 Å². The molecule has 0 aliphatic rings. The summed E-state index contributed by atoms with van der Waals surface area (Å²) in [7, 11) is 0. The molecule has 0 aliphatic heterocycles. The molecule has 90 valence electrons. The SMILES string of the molecule is CC(C)NCCNCc1cc(Br)ccc1Br. The van der Waals surface area contributed by atoms with Gasteiger partial charge in [0.2, 0.25) is 0 Å². The molecule has 0 aliphatic carbocycles. The molecule has 4 heteroatoms. The third-order valence-corrected chi connectivity index (χ3v) is 3.44. The molecule has 0 amide bonds. The fourth-order valence-corrected chi connectivity index (χ4v) is 2.15. The van der Waals surface area contributed by atoms with Crippen LogP contribution in [0.5, 0.6) is 0 Å². The van der Waals surface area contributed by atoms with Crippen LogP contribution >= 0.6 is 31.9 Å². The van der Waals surface area contributed by atoms with Gasteiger partial charge in [0.05, 0.1) is 0 Å². The van der Waals surface area contributed by atoms with Crippen molar-refractivity contribution >= 4 is 31.9 Å². The van der Waals surface area contributed by atoms with Crippen LogP contribution in [0.25, 0.3) is 0 Å². The van der Waals surface area contributed by atoms with Gasteiger partial charge < -0.3 is 10.6 Å². The van der Waals surface area contributed by atoms with Crippen LogP contribution in [0.2, 0.25) is 0 Å². The van der Waals surface area contributed by atoms with Gasteiger partial charge in [-0.1, -0.05) is 45.7 Å². The second-order valence-corrected chi connectivity index (χ2v) is 5.79. The normalized spacial score (nSPS) is 11.1. The summed E-state index contributed by atoms with van der Waals surface area (Å²) >= 11 is 7.02. The van der Waals surface area contributed by atoms with Crippen molar-refractivity contribution in [2.75, 3.05) is 13.1 Å². The van der Waals surface area contributed by atoms with Crippen LogP contribution < -0.4 is 10.6 Å². The molecule has 0 fully saturated rings. The molecule has 1 aromatic carbocycles. The summed E-state index contributed by atoms with van der Waals surface area (Å²) in [6.45, 7) is 7.19. The highest BCUT2D eigenvalue weighted by Crippen LogP contribution is 2.21. The van der Waals surface area contributed by atoms with Gasteiger partial charge in [-0.05, 0) is 23.8 Å². The summed E-state index contributed by atoms with van der Waals surface area (Å²) in [6.07, 6.45) is 0. The Hall–Kier alpha value is 0.1000. The Bertz CT molecular complexity index is 327. The van der Waals surface area contributed by atoms with E-state index in [0.717, 1.165) is 28.6 Å². The Balaban J connectivity index is 2.29. The van der Waals surface area contributed by atoms with Crippen LogP contribution in [-0.4, -0.2) is 19.1 Å². The molecule has 1 rings (SSSR count). The zero-order valence-corrected chi connectivity index (χ0v) is 12.9. The number of nitrogens with one attached hydrogen (secondary N) is 2. The van der Waals surface area contributed by atoms with E-state index in [1.165, 1.54) is 5.56 Å². The third kappa shape index (κ3) is 5.43. The average molecular weight is 350 g/mol. The molecule has 2 N–H and O–H groups in total. The van der Waals surface area contributed by atoms with Crippen LogP contribution in [-0.2, 0) is 6.54 Å². The van der Waals surface area contributed by atoms with Crippen molar-refractivity contribution in [1.82, 2.24) is 10.6 Å².